The highest BCUT2D eigenvalue weighted by atomic mass is 32.2. The first kappa shape index (κ1) is 14.1. The predicted octanol–water partition coefficient (Wildman–Crippen LogP) is 0.0887. The molecule has 1 atom stereocenters. The SMILES string of the molecule is Cc1cc(S(=O)(=O)NCC(O)C(=O)O)c(C)s1. The average Bonchev–Trinajstić information content (AvgIpc) is 2.55. The van der Waals surface area contributed by atoms with Gasteiger partial charge in [-0.25, -0.2) is 17.9 Å². The summed E-state index contributed by atoms with van der Waals surface area (Å²) in [7, 11) is -3.76. The van der Waals surface area contributed by atoms with Gasteiger partial charge in [-0.1, -0.05) is 0 Å². The monoisotopic (exact) mass is 279 g/mol. The van der Waals surface area contributed by atoms with Crippen LogP contribution in [0.4, 0.5) is 0 Å². The Morgan fingerprint density at radius 1 is 1.53 bits per heavy atom. The molecule has 6 nitrogen and oxygen atoms in total. The first-order chi connectivity index (χ1) is 7.74. The summed E-state index contributed by atoms with van der Waals surface area (Å²) in [6, 6.07) is 1.51. The Bertz CT molecular complexity index is 519. The maximum Gasteiger partial charge on any atom is 0.333 e. The van der Waals surface area contributed by atoms with Crippen LogP contribution in [0.5, 0.6) is 0 Å². The number of carboxylic acids is 1. The molecule has 0 saturated carbocycles. The summed E-state index contributed by atoms with van der Waals surface area (Å²) in [5.41, 5.74) is 0. The van der Waals surface area contributed by atoms with Gasteiger partial charge in [-0.3, -0.25) is 0 Å². The van der Waals surface area contributed by atoms with Crippen molar-refractivity contribution in [2.45, 2.75) is 24.8 Å². The Kier molecular flexibility index (Phi) is 4.26. The number of carbonyl (C=O) groups is 1. The van der Waals surface area contributed by atoms with E-state index in [1.165, 1.54) is 17.4 Å². The number of carboxylic acid groups (broad SMARTS) is 1. The highest BCUT2D eigenvalue weighted by Gasteiger charge is 2.22. The van der Waals surface area contributed by atoms with E-state index in [0.717, 1.165) is 4.88 Å². The zero-order valence-electron chi connectivity index (χ0n) is 9.30. The van der Waals surface area contributed by atoms with E-state index in [-0.39, 0.29) is 4.90 Å². The van der Waals surface area contributed by atoms with Crippen LogP contribution in [0.1, 0.15) is 9.75 Å². The second-order valence-corrected chi connectivity index (χ2v) is 6.68. The molecule has 96 valence electrons. The molecule has 0 spiro atoms. The number of thiophene rings is 1. The van der Waals surface area contributed by atoms with Crippen molar-refractivity contribution in [3.8, 4) is 0 Å². The first-order valence-electron chi connectivity index (χ1n) is 4.71. The minimum Gasteiger partial charge on any atom is -0.479 e. The van der Waals surface area contributed by atoms with Crippen molar-refractivity contribution in [1.82, 2.24) is 4.72 Å². The van der Waals surface area contributed by atoms with Crippen LogP contribution >= 0.6 is 11.3 Å². The van der Waals surface area contributed by atoms with Gasteiger partial charge >= 0.3 is 5.97 Å². The van der Waals surface area contributed by atoms with Crippen molar-refractivity contribution in [3.05, 3.63) is 15.8 Å². The smallest absolute Gasteiger partial charge is 0.333 e. The molecule has 0 aliphatic rings. The number of hydrogen-bond acceptors (Lipinski definition) is 5. The molecular weight excluding hydrogens is 266 g/mol. The van der Waals surface area contributed by atoms with Crippen molar-refractivity contribution in [2.75, 3.05) is 6.54 Å². The highest BCUT2D eigenvalue weighted by molar-refractivity contribution is 7.89. The number of hydrogen-bond donors (Lipinski definition) is 3. The van der Waals surface area contributed by atoms with Crippen molar-refractivity contribution >= 4 is 27.3 Å². The molecule has 0 amide bonds. The van der Waals surface area contributed by atoms with E-state index in [2.05, 4.69) is 4.72 Å². The molecule has 17 heavy (non-hydrogen) atoms. The molecule has 0 aromatic carbocycles. The fraction of sp³-hybridized carbons (Fsp3) is 0.444. The lowest BCUT2D eigenvalue weighted by atomic mass is 10.4. The minimum atomic E-state index is -3.76. The molecule has 0 fully saturated rings. The summed E-state index contributed by atoms with van der Waals surface area (Å²) in [6.45, 7) is 2.90. The van der Waals surface area contributed by atoms with Crippen LogP contribution in [0.3, 0.4) is 0 Å². The third kappa shape index (κ3) is 3.50. The second kappa shape index (κ2) is 5.13. The van der Waals surface area contributed by atoms with E-state index in [4.69, 9.17) is 10.2 Å². The molecule has 1 aromatic heterocycles. The first-order valence-corrected chi connectivity index (χ1v) is 7.01. The van der Waals surface area contributed by atoms with E-state index in [9.17, 15) is 13.2 Å². The van der Waals surface area contributed by atoms with Crippen molar-refractivity contribution in [1.29, 1.82) is 0 Å². The van der Waals surface area contributed by atoms with Crippen LogP contribution in [0.15, 0.2) is 11.0 Å². The van der Waals surface area contributed by atoms with Crippen LogP contribution in [0, 0.1) is 13.8 Å². The Morgan fingerprint density at radius 3 is 2.53 bits per heavy atom. The van der Waals surface area contributed by atoms with Crippen LogP contribution in [0.25, 0.3) is 0 Å². The maximum absolute atomic E-state index is 11.8. The number of aliphatic hydroxyl groups is 1. The Hall–Kier alpha value is -0.960. The van der Waals surface area contributed by atoms with Gasteiger partial charge < -0.3 is 10.2 Å². The van der Waals surface area contributed by atoms with Crippen molar-refractivity contribution < 1.29 is 23.4 Å². The normalized spacial score (nSPS) is 13.6. The Balaban J connectivity index is 2.83. The minimum absolute atomic E-state index is 0.123. The molecule has 3 N–H and O–H groups in total. The van der Waals surface area contributed by atoms with Gasteiger partial charge in [0, 0.05) is 16.3 Å². The summed E-state index contributed by atoms with van der Waals surface area (Å²) in [5, 5.41) is 17.4. The van der Waals surface area contributed by atoms with Gasteiger partial charge in [0.2, 0.25) is 10.0 Å². The zero-order chi connectivity index (χ0) is 13.2. The van der Waals surface area contributed by atoms with E-state index in [1.54, 1.807) is 13.8 Å². The van der Waals surface area contributed by atoms with Crippen LogP contribution in [-0.2, 0) is 14.8 Å². The molecular formula is C9H13NO5S2. The molecule has 1 aromatic rings. The number of rotatable bonds is 5. The quantitative estimate of drug-likeness (QED) is 0.708. The summed E-state index contributed by atoms with van der Waals surface area (Å²) < 4.78 is 25.6. The fourth-order valence-electron chi connectivity index (χ4n) is 1.23. The largest absolute Gasteiger partial charge is 0.479 e. The van der Waals surface area contributed by atoms with Crippen molar-refractivity contribution in [3.63, 3.8) is 0 Å². The van der Waals surface area contributed by atoms with Gasteiger partial charge in [0.05, 0.1) is 4.90 Å². The lowest BCUT2D eigenvalue weighted by molar-refractivity contribution is -0.146. The van der Waals surface area contributed by atoms with Crippen LogP contribution in [0.2, 0.25) is 0 Å². The molecule has 1 unspecified atom stereocenters. The van der Waals surface area contributed by atoms with Crippen molar-refractivity contribution in [2.24, 2.45) is 0 Å². The third-order valence-electron chi connectivity index (χ3n) is 2.04. The number of sulfonamides is 1. The van der Waals surface area contributed by atoms with Gasteiger partial charge in [0.15, 0.2) is 6.10 Å². The van der Waals surface area contributed by atoms with Crippen LogP contribution < -0.4 is 4.72 Å². The molecule has 1 heterocycles. The second-order valence-electron chi connectivity index (χ2n) is 3.48. The summed E-state index contributed by atoms with van der Waals surface area (Å²) in [6.07, 6.45) is -1.75. The lowest BCUT2D eigenvalue weighted by Gasteiger charge is -2.08. The van der Waals surface area contributed by atoms with E-state index < -0.39 is 28.6 Å². The number of aliphatic carboxylic acids is 1. The average molecular weight is 279 g/mol. The molecule has 0 bridgehead atoms. The zero-order valence-corrected chi connectivity index (χ0v) is 10.9. The van der Waals surface area contributed by atoms with E-state index in [0.29, 0.717) is 4.88 Å². The van der Waals surface area contributed by atoms with Gasteiger partial charge in [-0.15, -0.1) is 11.3 Å². The van der Waals surface area contributed by atoms with Gasteiger partial charge in [-0.2, -0.15) is 0 Å². The molecule has 0 aliphatic carbocycles. The Morgan fingerprint density at radius 2 is 2.12 bits per heavy atom. The standard InChI is InChI=1S/C9H13NO5S2/c1-5-3-8(6(2)16-5)17(14,15)10-4-7(11)9(12)13/h3,7,10-11H,4H2,1-2H3,(H,12,13). The molecule has 0 saturated heterocycles. The third-order valence-corrected chi connectivity index (χ3v) is 4.68. The Labute approximate surface area is 103 Å². The lowest BCUT2D eigenvalue weighted by Crippen LogP contribution is -2.36. The summed E-state index contributed by atoms with van der Waals surface area (Å²) in [4.78, 5) is 11.9. The van der Waals surface area contributed by atoms with E-state index in [1.807, 2.05) is 0 Å². The predicted molar refractivity (Wildman–Crippen MR) is 62.6 cm³/mol. The summed E-state index contributed by atoms with van der Waals surface area (Å²) >= 11 is 1.34. The van der Waals surface area contributed by atoms with Gasteiger partial charge in [-0.05, 0) is 19.9 Å². The molecule has 0 radical (unpaired) electrons. The van der Waals surface area contributed by atoms with Gasteiger partial charge in [0.1, 0.15) is 0 Å². The molecule has 8 heteroatoms. The highest BCUT2D eigenvalue weighted by Crippen LogP contribution is 2.24. The summed E-state index contributed by atoms with van der Waals surface area (Å²) in [5.74, 6) is -1.47. The molecule has 0 aliphatic heterocycles. The topological polar surface area (TPSA) is 104 Å². The van der Waals surface area contributed by atoms with Crippen LogP contribution in [-0.4, -0.2) is 37.2 Å². The molecule has 1 rings (SSSR count). The number of aryl methyl sites for hydroxylation is 2. The fourth-order valence-corrected chi connectivity index (χ4v) is 3.82. The number of aliphatic hydroxyl groups excluding tert-OH is 1. The van der Waals surface area contributed by atoms with E-state index >= 15 is 0 Å². The van der Waals surface area contributed by atoms with Gasteiger partial charge in [0.25, 0.3) is 0 Å². The number of nitrogens with one attached hydrogen (secondary N) is 1. The maximum atomic E-state index is 11.8.